The van der Waals surface area contributed by atoms with Crippen LogP contribution in [0, 0.1) is 0 Å². The highest BCUT2D eigenvalue weighted by Crippen LogP contribution is 2.26. The molecule has 0 saturated heterocycles. The van der Waals surface area contributed by atoms with Gasteiger partial charge in [-0.1, -0.05) is 12.1 Å². The summed E-state index contributed by atoms with van der Waals surface area (Å²) >= 11 is 0. The maximum atomic E-state index is 9.86. The van der Waals surface area contributed by atoms with Crippen molar-refractivity contribution in [3.8, 4) is 5.75 Å². The second-order valence-corrected chi connectivity index (χ2v) is 3.73. The number of fused-ring (bicyclic) bond motifs is 1. The predicted molar refractivity (Wildman–Crippen MR) is 63.0 cm³/mol. The summed E-state index contributed by atoms with van der Waals surface area (Å²) in [6.07, 6.45) is -0.101. The molecule has 5 heteroatoms. The maximum Gasteiger partial charge on any atom is 0.495 e. The Morgan fingerprint density at radius 3 is 3.06 bits per heavy atom. The van der Waals surface area contributed by atoms with Crippen molar-refractivity contribution in [1.29, 1.82) is 0 Å². The Labute approximate surface area is 95.7 Å². The number of likely N-dealkylation sites (N-methyl/N-ethyl adjacent to an activating group) is 1. The van der Waals surface area contributed by atoms with Crippen LogP contribution in [0.25, 0.3) is 0 Å². The molecule has 0 bridgehead atoms. The molecule has 0 aliphatic carbocycles. The topological polar surface area (TPSA) is 50.7 Å². The van der Waals surface area contributed by atoms with Gasteiger partial charge in [0, 0.05) is 12.0 Å². The molecule has 1 aromatic carbocycles. The van der Waals surface area contributed by atoms with Gasteiger partial charge < -0.3 is 19.7 Å². The fourth-order valence-corrected chi connectivity index (χ4v) is 2.03. The molecule has 0 saturated carbocycles. The number of hydrogen-bond donors (Lipinski definition) is 2. The second-order valence-electron chi connectivity index (χ2n) is 3.73. The second kappa shape index (κ2) is 4.87. The van der Waals surface area contributed by atoms with Gasteiger partial charge in [-0.05, 0) is 25.6 Å². The summed E-state index contributed by atoms with van der Waals surface area (Å²) in [7, 11) is 0.983. The Hall–Kier alpha value is -1.04. The highest BCUT2D eigenvalue weighted by molar-refractivity contribution is 6.62. The number of benzene rings is 1. The van der Waals surface area contributed by atoms with Crippen LogP contribution in [0.4, 0.5) is 0 Å². The van der Waals surface area contributed by atoms with Gasteiger partial charge >= 0.3 is 7.12 Å². The molecule has 0 amide bonds. The quantitative estimate of drug-likeness (QED) is 0.706. The lowest BCUT2D eigenvalue weighted by molar-refractivity contribution is 0.190. The minimum atomic E-state index is -0.879. The molecule has 2 rings (SSSR count). The Morgan fingerprint density at radius 2 is 2.38 bits per heavy atom. The third kappa shape index (κ3) is 1.94. The molecular formula is C11H16BNO3. The fraction of sp³-hybridized carbons (Fsp3) is 0.455. The first-order valence-electron chi connectivity index (χ1n) is 5.51. The van der Waals surface area contributed by atoms with Crippen LogP contribution in [0.2, 0.25) is 0 Å². The van der Waals surface area contributed by atoms with Crippen LogP contribution in [-0.2, 0) is 4.65 Å². The Bertz CT molecular complexity index is 372. The molecule has 0 fully saturated rings. The molecule has 16 heavy (non-hydrogen) atoms. The van der Waals surface area contributed by atoms with Gasteiger partial charge in [0.15, 0.2) is 0 Å². The molecule has 2 N–H and O–H groups in total. The number of nitrogens with one attached hydrogen (secondary N) is 1. The smallest absolute Gasteiger partial charge is 0.494 e. The van der Waals surface area contributed by atoms with E-state index in [0.29, 0.717) is 18.9 Å². The normalized spacial score (nSPS) is 18.7. The average molecular weight is 221 g/mol. The predicted octanol–water partition coefficient (Wildman–Crippen LogP) is 0.0635. The molecule has 1 aliphatic rings. The minimum absolute atomic E-state index is 0.101. The van der Waals surface area contributed by atoms with Crippen molar-refractivity contribution < 1.29 is 14.4 Å². The van der Waals surface area contributed by atoms with E-state index in [1.807, 2.05) is 32.2 Å². The van der Waals surface area contributed by atoms with Gasteiger partial charge in [0.1, 0.15) is 5.75 Å². The van der Waals surface area contributed by atoms with Gasteiger partial charge in [-0.3, -0.25) is 0 Å². The van der Waals surface area contributed by atoms with E-state index in [1.165, 1.54) is 0 Å². The van der Waals surface area contributed by atoms with E-state index in [4.69, 9.17) is 9.39 Å². The van der Waals surface area contributed by atoms with Crippen LogP contribution in [0.5, 0.6) is 5.75 Å². The largest absolute Gasteiger partial charge is 0.495 e. The van der Waals surface area contributed by atoms with Crippen LogP contribution < -0.4 is 15.5 Å². The summed E-state index contributed by atoms with van der Waals surface area (Å²) in [5.74, 6) is 0.714. The first-order valence-corrected chi connectivity index (χ1v) is 5.51. The SMILES string of the molecule is CCOc1cccc2c1B(O)OC2CNC. The van der Waals surface area contributed by atoms with Gasteiger partial charge in [0.05, 0.1) is 12.7 Å². The van der Waals surface area contributed by atoms with Crippen molar-refractivity contribution in [2.45, 2.75) is 13.0 Å². The maximum absolute atomic E-state index is 9.86. The number of ether oxygens (including phenoxy) is 1. The van der Waals surface area contributed by atoms with E-state index in [2.05, 4.69) is 5.32 Å². The van der Waals surface area contributed by atoms with Gasteiger partial charge in [-0.15, -0.1) is 0 Å². The van der Waals surface area contributed by atoms with Crippen molar-refractivity contribution in [1.82, 2.24) is 5.32 Å². The third-order valence-corrected chi connectivity index (χ3v) is 2.68. The molecule has 0 aromatic heterocycles. The molecule has 86 valence electrons. The fourth-order valence-electron chi connectivity index (χ4n) is 2.03. The van der Waals surface area contributed by atoms with Crippen LogP contribution in [0.15, 0.2) is 18.2 Å². The highest BCUT2D eigenvalue weighted by Gasteiger charge is 2.37. The Kier molecular flexibility index (Phi) is 3.48. The minimum Gasteiger partial charge on any atom is -0.494 e. The van der Waals surface area contributed by atoms with Crippen LogP contribution in [0.3, 0.4) is 0 Å². The monoisotopic (exact) mass is 221 g/mol. The zero-order chi connectivity index (χ0) is 11.5. The first-order chi connectivity index (χ1) is 7.77. The lowest BCUT2D eigenvalue weighted by Crippen LogP contribution is -2.30. The van der Waals surface area contributed by atoms with E-state index in [9.17, 15) is 5.02 Å². The van der Waals surface area contributed by atoms with Crippen LogP contribution in [-0.4, -0.2) is 32.3 Å². The lowest BCUT2D eigenvalue weighted by atomic mass is 9.78. The van der Waals surface area contributed by atoms with Crippen molar-refractivity contribution in [2.24, 2.45) is 0 Å². The molecule has 0 radical (unpaired) electrons. The number of hydrogen-bond acceptors (Lipinski definition) is 4. The summed E-state index contributed by atoms with van der Waals surface area (Å²) in [6.45, 7) is 3.19. The molecule has 4 nitrogen and oxygen atoms in total. The van der Waals surface area contributed by atoms with E-state index < -0.39 is 7.12 Å². The summed E-state index contributed by atoms with van der Waals surface area (Å²) < 4.78 is 11.0. The van der Waals surface area contributed by atoms with Crippen molar-refractivity contribution >= 4 is 12.6 Å². The standard InChI is InChI=1S/C11H16BNO3/c1-3-15-9-6-4-5-8-10(7-13-2)16-12(14)11(8)9/h4-6,10,13-14H,3,7H2,1-2H3. The third-order valence-electron chi connectivity index (χ3n) is 2.68. The van der Waals surface area contributed by atoms with Gasteiger partial charge in [-0.25, -0.2) is 0 Å². The Morgan fingerprint density at radius 1 is 1.56 bits per heavy atom. The molecule has 1 aromatic rings. The molecule has 1 aliphatic heterocycles. The van der Waals surface area contributed by atoms with E-state index >= 15 is 0 Å². The molecule has 1 atom stereocenters. The highest BCUT2D eigenvalue weighted by atomic mass is 16.5. The number of rotatable bonds is 4. The summed E-state index contributed by atoms with van der Waals surface area (Å²) in [5, 5.41) is 12.9. The van der Waals surface area contributed by atoms with E-state index in [0.717, 1.165) is 11.0 Å². The van der Waals surface area contributed by atoms with Crippen molar-refractivity contribution in [3.05, 3.63) is 23.8 Å². The molecular weight excluding hydrogens is 205 g/mol. The zero-order valence-electron chi connectivity index (χ0n) is 9.56. The lowest BCUT2D eigenvalue weighted by Gasteiger charge is -2.11. The molecule has 0 spiro atoms. The zero-order valence-corrected chi connectivity index (χ0v) is 9.56. The first kappa shape index (κ1) is 11.5. The van der Waals surface area contributed by atoms with Crippen LogP contribution in [0.1, 0.15) is 18.6 Å². The molecule has 1 unspecified atom stereocenters. The Balaban J connectivity index is 2.35. The van der Waals surface area contributed by atoms with Gasteiger partial charge in [-0.2, -0.15) is 0 Å². The summed E-state index contributed by atoms with van der Waals surface area (Å²) in [4.78, 5) is 0. The summed E-state index contributed by atoms with van der Waals surface area (Å²) in [5.41, 5.74) is 1.78. The van der Waals surface area contributed by atoms with Gasteiger partial charge in [0.25, 0.3) is 0 Å². The van der Waals surface area contributed by atoms with Gasteiger partial charge in [0.2, 0.25) is 0 Å². The van der Waals surface area contributed by atoms with E-state index in [-0.39, 0.29) is 6.10 Å². The summed E-state index contributed by atoms with van der Waals surface area (Å²) in [6, 6.07) is 5.75. The van der Waals surface area contributed by atoms with Crippen molar-refractivity contribution in [2.75, 3.05) is 20.2 Å². The van der Waals surface area contributed by atoms with Crippen LogP contribution >= 0.6 is 0 Å². The molecule has 1 heterocycles. The van der Waals surface area contributed by atoms with E-state index in [1.54, 1.807) is 0 Å². The average Bonchev–Trinajstić information content (AvgIpc) is 2.58. The van der Waals surface area contributed by atoms with Crippen molar-refractivity contribution in [3.63, 3.8) is 0 Å².